The summed E-state index contributed by atoms with van der Waals surface area (Å²) in [4.78, 5) is 1.48. The molecule has 240 valence electrons. The summed E-state index contributed by atoms with van der Waals surface area (Å²) in [5.74, 6) is 0. The maximum atomic E-state index is 10.3. The molecule has 0 N–H and O–H groups in total. The summed E-state index contributed by atoms with van der Waals surface area (Å²) in [6.45, 7) is 0. The van der Waals surface area contributed by atoms with Crippen LogP contribution in [0.3, 0.4) is 0 Å². The van der Waals surface area contributed by atoms with Crippen molar-refractivity contribution >= 4 is 60.8 Å². The van der Waals surface area contributed by atoms with E-state index in [1.54, 1.807) is 54.6 Å². The third-order valence-electron chi connectivity index (χ3n) is 8.52. The van der Waals surface area contributed by atoms with Gasteiger partial charge in [0.05, 0.1) is 38.4 Å². The first-order valence-electron chi connectivity index (χ1n) is 25.7. The molecule has 0 fully saturated rings. The highest BCUT2D eigenvalue weighted by atomic mass is 16.3. The second kappa shape index (κ2) is 11.9. The minimum atomic E-state index is -0.953. The second-order valence-corrected chi connectivity index (χ2v) is 11.4. The molecular formula is C48H32N2O. The fraction of sp³-hybridized carbons (Fsp3) is 0. The summed E-state index contributed by atoms with van der Waals surface area (Å²) in [7, 11) is 0. The van der Waals surface area contributed by atoms with Crippen LogP contribution in [0.1, 0.15) is 27.4 Å². The van der Waals surface area contributed by atoms with Gasteiger partial charge in [-0.15, -0.1) is 0 Å². The molecule has 10 rings (SSSR count). The third-order valence-corrected chi connectivity index (χ3v) is 8.52. The van der Waals surface area contributed by atoms with E-state index in [1.807, 2.05) is 18.2 Å². The monoisotopic (exact) mass is 672 g/mol. The van der Waals surface area contributed by atoms with E-state index in [9.17, 15) is 12.3 Å². The molecule has 3 heteroatoms. The Morgan fingerprint density at radius 2 is 1.16 bits per heavy atom. The van der Waals surface area contributed by atoms with Gasteiger partial charge in [0.1, 0.15) is 11.2 Å². The normalized spacial score (nSPS) is 17.0. The summed E-state index contributed by atoms with van der Waals surface area (Å²) in [5, 5.41) is 0.575. The SMILES string of the molecule is [2H]c1c([2H])c([2H])c(-c2c([2H])c(-c3c([2H])c([2H])c([2H])c([2H])c3[2H])c3c(c2[2H])c2c([2H])c(N(c4ccccc4)c4ccc5c(c4)oc4ccccc45)c([2H])c([2H])c2n3-c2c([2H])c([2H])c([2H])c([2H])c2[2H])c([2H])c1[2H]. The minimum absolute atomic E-state index is 0.299. The quantitative estimate of drug-likeness (QED) is 0.175. The summed E-state index contributed by atoms with van der Waals surface area (Å²) < 4.78 is 189. The van der Waals surface area contributed by atoms with E-state index in [2.05, 4.69) is 0 Å². The van der Waals surface area contributed by atoms with Gasteiger partial charge in [0.15, 0.2) is 0 Å². The van der Waals surface area contributed by atoms with Crippen molar-refractivity contribution < 1.29 is 31.8 Å². The number of para-hydroxylation sites is 3. The molecule has 0 aliphatic heterocycles. The minimum Gasteiger partial charge on any atom is -0.456 e. The Morgan fingerprint density at radius 3 is 1.94 bits per heavy atom. The van der Waals surface area contributed by atoms with E-state index in [0.717, 1.165) is 15.3 Å². The Labute approximate surface area is 324 Å². The van der Waals surface area contributed by atoms with Gasteiger partial charge in [0.25, 0.3) is 0 Å². The molecule has 2 heterocycles. The first-order valence-corrected chi connectivity index (χ1v) is 15.7. The van der Waals surface area contributed by atoms with E-state index >= 15 is 0 Å². The molecule has 0 spiro atoms. The number of benzene rings is 8. The maximum absolute atomic E-state index is 10.3. The van der Waals surface area contributed by atoms with Gasteiger partial charge in [-0.2, -0.15) is 0 Å². The molecule has 3 nitrogen and oxygen atoms in total. The molecule has 0 bridgehead atoms. The average Bonchev–Trinajstić information content (AvgIpc) is 3.92. The van der Waals surface area contributed by atoms with Crippen LogP contribution in [0.2, 0.25) is 0 Å². The average molecular weight is 673 g/mol. The Morgan fingerprint density at radius 1 is 0.471 bits per heavy atom. The van der Waals surface area contributed by atoms with Crippen molar-refractivity contribution in [2.24, 2.45) is 0 Å². The number of hydrogen-bond acceptors (Lipinski definition) is 2. The van der Waals surface area contributed by atoms with Gasteiger partial charge in [-0.3, -0.25) is 0 Å². The van der Waals surface area contributed by atoms with E-state index in [1.165, 1.54) is 4.90 Å². The number of hydrogen-bond donors (Lipinski definition) is 0. The molecule has 0 saturated heterocycles. The number of rotatable bonds is 6. The standard InChI is InChI=1S/C48H32N2O/c1-5-15-33(16-6-1)35-29-42(34-17-7-2-8-18-34)48-44(30-35)43-31-38(26-28-45(43)50(48)37-21-11-4-12-22-37)49(36-19-9-3-10-20-36)39-25-27-41-40-23-13-14-24-46(40)51-47(41)32-39/h1-32H/i1D,2D,4D,5D,6D,7D,8D,11D,12D,15D,16D,17D,18D,21D,22D,26D,28D,29D,30D,31D. The third kappa shape index (κ3) is 4.90. The van der Waals surface area contributed by atoms with Gasteiger partial charge in [-0.1, -0.05) is 115 Å². The molecule has 2 aromatic heterocycles. The van der Waals surface area contributed by atoms with Crippen LogP contribution >= 0.6 is 0 Å². The van der Waals surface area contributed by atoms with Crippen LogP contribution in [0.25, 0.3) is 71.7 Å². The van der Waals surface area contributed by atoms with Crippen molar-refractivity contribution in [2.45, 2.75) is 0 Å². The molecule has 0 atom stereocenters. The second-order valence-electron chi connectivity index (χ2n) is 11.4. The molecule has 8 aromatic carbocycles. The zero-order valence-corrected chi connectivity index (χ0v) is 26.2. The molecule has 0 aliphatic rings. The van der Waals surface area contributed by atoms with Crippen molar-refractivity contribution in [3.63, 3.8) is 0 Å². The first-order chi connectivity index (χ1) is 33.6. The van der Waals surface area contributed by atoms with E-state index in [4.69, 9.17) is 19.5 Å². The Bertz CT molecular complexity index is 3930. The van der Waals surface area contributed by atoms with Crippen LogP contribution in [-0.2, 0) is 0 Å². The van der Waals surface area contributed by atoms with Gasteiger partial charge >= 0.3 is 0 Å². The number of furan rings is 1. The predicted octanol–water partition coefficient (Wildman–Crippen LogP) is 13.5. The van der Waals surface area contributed by atoms with Crippen molar-refractivity contribution in [1.82, 2.24) is 4.57 Å². The van der Waals surface area contributed by atoms with Crippen LogP contribution < -0.4 is 4.90 Å². The van der Waals surface area contributed by atoms with E-state index in [0.29, 0.717) is 22.5 Å². The molecular weight excluding hydrogens is 621 g/mol. The molecule has 51 heavy (non-hydrogen) atoms. The molecule has 0 aliphatic carbocycles. The lowest BCUT2D eigenvalue weighted by Crippen LogP contribution is -2.09. The summed E-state index contributed by atoms with van der Waals surface area (Å²) in [6, 6.07) is 3.78. The fourth-order valence-corrected chi connectivity index (χ4v) is 6.36. The van der Waals surface area contributed by atoms with Crippen molar-refractivity contribution in [1.29, 1.82) is 0 Å². The van der Waals surface area contributed by atoms with E-state index in [-0.39, 0.29) is 5.69 Å². The van der Waals surface area contributed by atoms with Gasteiger partial charge in [-0.25, -0.2) is 0 Å². The summed E-state index contributed by atoms with van der Waals surface area (Å²) in [5.41, 5.74) is -3.39. The lowest BCUT2D eigenvalue weighted by atomic mass is 9.95. The molecule has 10 aromatic rings. The largest absolute Gasteiger partial charge is 0.456 e. The fourth-order valence-electron chi connectivity index (χ4n) is 6.36. The van der Waals surface area contributed by atoms with Crippen LogP contribution in [0.5, 0.6) is 0 Å². The Kier molecular flexibility index (Phi) is 3.60. The highest BCUT2D eigenvalue weighted by molar-refractivity contribution is 6.16. The topological polar surface area (TPSA) is 21.3 Å². The van der Waals surface area contributed by atoms with Gasteiger partial charge < -0.3 is 13.9 Å². The lowest BCUT2D eigenvalue weighted by Gasteiger charge is -2.25. The van der Waals surface area contributed by atoms with Gasteiger partial charge in [0, 0.05) is 55.9 Å². The number of anilines is 3. The molecule has 0 radical (unpaired) electrons. The first kappa shape index (κ1) is 15.4. The lowest BCUT2D eigenvalue weighted by molar-refractivity contribution is 0.669. The van der Waals surface area contributed by atoms with Crippen molar-refractivity contribution in [3.8, 4) is 27.9 Å². The highest BCUT2D eigenvalue weighted by Gasteiger charge is 2.21. The van der Waals surface area contributed by atoms with Gasteiger partial charge in [-0.05, 0) is 89.3 Å². The van der Waals surface area contributed by atoms with Crippen LogP contribution in [0, 0.1) is 0 Å². The zero-order chi connectivity index (χ0) is 51.1. The summed E-state index contributed by atoms with van der Waals surface area (Å²) in [6.07, 6.45) is 0. The Balaban J connectivity index is 1.50. The van der Waals surface area contributed by atoms with Crippen LogP contribution in [0.4, 0.5) is 17.1 Å². The Hall–Kier alpha value is -6.84. The van der Waals surface area contributed by atoms with Crippen molar-refractivity contribution in [3.05, 3.63) is 194 Å². The van der Waals surface area contributed by atoms with E-state index < -0.39 is 171 Å². The predicted molar refractivity (Wildman–Crippen MR) is 214 cm³/mol. The number of nitrogens with zero attached hydrogens (tertiary/aromatic N) is 2. The van der Waals surface area contributed by atoms with Crippen LogP contribution in [-0.4, -0.2) is 4.57 Å². The number of fused-ring (bicyclic) bond motifs is 6. The summed E-state index contributed by atoms with van der Waals surface area (Å²) >= 11 is 0. The molecule has 0 unspecified atom stereocenters. The smallest absolute Gasteiger partial charge is 0.137 e. The maximum Gasteiger partial charge on any atom is 0.137 e. The molecule has 0 saturated carbocycles. The van der Waals surface area contributed by atoms with Gasteiger partial charge in [0.2, 0.25) is 0 Å². The van der Waals surface area contributed by atoms with Crippen molar-refractivity contribution in [2.75, 3.05) is 4.90 Å². The van der Waals surface area contributed by atoms with Crippen LogP contribution in [0.15, 0.2) is 198 Å². The molecule has 0 amide bonds. The zero-order valence-electron chi connectivity index (χ0n) is 46.2. The highest BCUT2D eigenvalue weighted by Crippen LogP contribution is 2.44. The number of aromatic nitrogens is 1.